The number of nitrogens with zero attached hydrogens (tertiary/aromatic N) is 1. The highest BCUT2D eigenvalue weighted by atomic mass is 19.1. The molecule has 1 aromatic heterocycles. The van der Waals surface area contributed by atoms with Crippen molar-refractivity contribution in [1.29, 1.82) is 0 Å². The summed E-state index contributed by atoms with van der Waals surface area (Å²) >= 11 is 0. The van der Waals surface area contributed by atoms with Gasteiger partial charge in [-0.2, -0.15) is 0 Å². The van der Waals surface area contributed by atoms with Crippen molar-refractivity contribution in [3.8, 4) is 28.1 Å². The molecule has 1 heterocycles. The van der Waals surface area contributed by atoms with Crippen LogP contribution in [-0.4, -0.2) is 75.5 Å². The lowest BCUT2D eigenvalue weighted by Gasteiger charge is -2.30. The number of hydrogen-bond acceptors (Lipinski definition) is 7. The molecule has 2 atom stereocenters. The van der Waals surface area contributed by atoms with Crippen LogP contribution in [0, 0.1) is 5.82 Å². The van der Waals surface area contributed by atoms with Gasteiger partial charge in [0.1, 0.15) is 17.2 Å². The maximum atomic E-state index is 14.6. The van der Waals surface area contributed by atoms with Gasteiger partial charge in [0.15, 0.2) is 0 Å². The molecule has 0 aliphatic carbocycles. The van der Waals surface area contributed by atoms with E-state index in [0.29, 0.717) is 59.1 Å². The predicted octanol–water partition coefficient (Wildman–Crippen LogP) is 8.69. The highest BCUT2D eigenvalue weighted by Crippen LogP contribution is 2.43. The predicted molar refractivity (Wildman–Crippen MR) is 213 cm³/mol. The molecule has 55 heavy (non-hydrogen) atoms. The topological polar surface area (TPSA) is 139 Å². The van der Waals surface area contributed by atoms with Crippen molar-refractivity contribution in [2.24, 2.45) is 0 Å². The Labute approximate surface area is 324 Å². The molecule has 0 spiro atoms. The van der Waals surface area contributed by atoms with E-state index < -0.39 is 36.0 Å². The van der Waals surface area contributed by atoms with E-state index in [1.807, 2.05) is 88.6 Å². The van der Waals surface area contributed by atoms with Crippen LogP contribution in [0.4, 0.5) is 10.1 Å². The summed E-state index contributed by atoms with van der Waals surface area (Å²) < 4.78 is 33.9. The van der Waals surface area contributed by atoms with Crippen LogP contribution in [0.25, 0.3) is 22.4 Å². The van der Waals surface area contributed by atoms with Crippen molar-refractivity contribution >= 4 is 17.6 Å². The standard InChI is InChI=1S/C44H57FN2O8/c1-29(2)40-39(42(52)46-33-17-19-36(20-18-33)55-44(5,6)23-26-54-43(3,4)22-25-53-7)38(30-11-9-8-10-12-30)41(31-13-15-32(45)16-14-31)47(40)24-21-34(48)27-35(49)28-37(50)51/h8-20,29,34-35,48-49H,21-28H2,1-7H3,(H,46,52)(H,50,51)/t34-,35-/m1/s1. The third-order valence-electron chi connectivity index (χ3n) is 9.51. The van der Waals surface area contributed by atoms with Gasteiger partial charge < -0.3 is 39.4 Å². The number of halogens is 1. The number of carboxylic acids is 1. The third-order valence-corrected chi connectivity index (χ3v) is 9.51. The highest BCUT2D eigenvalue weighted by Gasteiger charge is 2.31. The van der Waals surface area contributed by atoms with Gasteiger partial charge in [-0.15, -0.1) is 0 Å². The smallest absolute Gasteiger partial charge is 0.305 e. The first kappa shape index (κ1) is 43.2. The molecule has 0 radical (unpaired) electrons. The van der Waals surface area contributed by atoms with Gasteiger partial charge in [-0.25, -0.2) is 4.39 Å². The maximum Gasteiger partial charge on any atom is 0.305 e. The fourth-order valence-corrected chi connectivity index (χ4v) is 6.65. The number of aliphatic carboxylic acids is 1. The SMILES string of the molecule is COCCC(C)(C)OCCC(C)(C)Oc1ccc(NC(=O)c2c(-c3ccccc3)c(-c3ccc(F)cc3)n(CC[C@@H](O)C[C@@H](O)CC(=O)O)c2C(C)C)cc1. The molecule has 4 N–H and O–H groups in total. The van der Waals surface area contributed by atoms with Gasteiger partial charge in [0.2, 0.25) is 0 Å². The monoisotopic (exact) mass is 760 g/mol. The molecule has 4 rings (SSSR count). The van der Waals surface area contributed by atoms with Crippen molar-refractivity contribution in [2.75, 3.05) is 25.6 Å². The number of carboxylic acid groups (broad SMARTS) is 1. The number of aliphatic hydroxyl groups is 2. The van der Waals surface area contributed by atoms with Crippen LogP contribution in [0.2, 0.25) is 0 Å². The van der Waals surface area contributed by atoms with Crippen LogP contribution in [0.15, 0.2) is 78.9 Å². The van der Waals surface area contributed by atoms with E-state index in [1.165, 1.54) is 12.1 Å². The fourth-order valence-electron chi connectivity index (χ4n) is 6.65. The normalized spacial score (nSPS) is 13.1. The zero-order valence-electron chi connectivity index (χ0n) is 33.1. The number of aliphatic hydroxyl groups excluding tert-OH is 2. The van der Waals surface area contributed by atoms with Crippen LogP contribution in [-0.2, 0) is 20.8 Å². The third kappa shape index (κ3) is 12.5. The summed E-state index contributed by atoms with van der Waals surface area (Å²) in [7, 11) is 1.68. The molecular weight excluding hydrogens is 703 g/mol. The molecule has 0 saturated carbocycles. The number of anilines is 1. The van der Waals surface area contributed by atoms with E-state index in [1.54, 1.807) is 31.4 Å². The van der Waals surface area contributed by atoms with E-state index in [0.717, 1.165) is 12.0 Å². The number of hydrogen-bond donors (Lipinski definition) is 4. The Morgan fingerprint density at radius 3 is 2.07 bits per heavy atom. The Bertz CT molecular complexity index is 1840. The first-order chi connectivity index (χ1) is 26.0. The first-order valence-corrected chi connectivity index (χ1v) is 18.9. The van der Waals surface area contributed by atoms with Crippen molar-refractivity contribution in [2.45, 2.75) is 110 Å². The van der Waals surface area contributed by atoms with Crippen LogP contribution >= 0.6 is 0 Å². The summed E-state index contributed by atoms with van der Waals surface area (Å²) in [6.45, 7) is 13.5. The maximum absolute atomic E-state index is 14.6. The quantitative estimate of drug-likeness (QED) is 0.0662. The molecule has 0 fully saturated rings. The number of rotatable bonds is 21. The minimum Gasteiger partial charge on any atom is -0.488 e. The van der Waals surface area contributed by atoms with Gasteiger partial charge in [-0.1, -0.05) is 44.2 Å². The van der Waals surface area contributed by atoms with E-state index in [-0.39, 0.29) is 36.8 Å². The molecule has 298 valence electrons. The Kier molecular flexibility index (Phi) is 15.2. The van der Waals surface area contributed by atoms with Gasteiger partial charge in [0.05, 0.1) is 42.1 Å². The molecule has 11 heteroatoms. The van der Waals surface area contributed by atoms with Crippen LogP contribution in [0.5, 0.6) is 5.75 Å². The van der Waals surface area contributed by atoms with Gasteiger partial charge in [0, 0.05) is 43.6 Å². The van der Waals surface area contributed by atoms with E-state index >= 15 is 0 Å². The van der Waals surface area contributed by atoms with Gasteiger partial charge in [-0.3, -0.25) is 9.59 Å². The molecule has 3 aromatic carbocycles. The van der Waals surface area contributed by atoms with Crippen LogP contribution in [0.3, 0.4) is 0 Å². The Balaban J connectivity index is 1.67. The average Bonchev–Trinajstić information content (AvgIpc) is 3.46. The Morgan fingerprint density at radius 2 is 1.47 bits per heavy atom. The van der Waals surface area contributed by atoms with Crippen molar-refractivity contribution in [3.05, 3.63) is 95.9 Å². The molecular formula is C44H57FN2O8. The number of aromatic nitrogens is 1. The molecule has 10 nitrogen and oxygen atoms in total. The number of carbonyl (C=O) groups excluding carboxylic acids is 1. The lowest BCUT2D eigenvalue weighted by Crippen LogP contribution is -2.33. The molecule has 0 unspecified atom stereocenters. The second-order valence-corrected chi connectivity index (χ2v) is 15.5. The minimum atomic E-state index is -1.21. The second kappa shape index (κ2) is 19.4. The second-order valence-electron chi connectivity index (χ2n) is 15.5. The molecule has 0 aliphatic rings. The highest BCUT2D eigenvalue weighted by molar-refractivity contribution is 6.12. The lowest BCUT2D eigenvalue weighted by molar-refractivity contribution is -0.139. The molecule has 0 saturated heterocycles. The number of nitrogens with one attached hydrogen (secondary N) is 1. The molecule has 0 bridgehead atoms. The van der Waals surface area contributed by atoms with Gasteiger partial charge >= 0.3 is 5.97 Å². The summed E-state index contributed by atoms with van der Waals surface area (Å²) in [6.07, 6.45) is -1.20. The van der Waals surface area contributed by atoms with Crippen LogP contribution < -0.4 is 10.1 Å². The largest absolute Gasteiger partial charge is 0.488 e. The molecule has 1 amide bonds. The number of ether oxygens (including phenoxy) is 3. The number of benzene rings is 3. The van der Waals surface area contributed by atoms with E-state index in [4.69, 9.17) is 19.3 Å². The molecule has 0 aliphatic heterocycles. The summed E-state index contributed by atoms with van der Waals surface area (Å²) in [5.74, 6) is -1.42. The van der Waals surface area contributed by atoms with Gasteiger partial charge in [0.25, 0.3) is 5.91 Å². The van der Waals surface area contributed by atoms with Crippen LogP contribution in [0.1, 0.15) is 95.6 Å². The fraction of sp³-hybridized carbons (Fsp3) is 0.455. The summed E-state index contributed by atoms with van der Waals surface area (Å²) in [6, 6.07) is 22.8. The number of methoxy groups -OCH3 is 1. The van der Waals surface area contributed by atoms with E-state index in [9.17, 15) is 24.2 Å². The first-order valence-electron chi connectivity index (χ1n) is 18.9. The van der Waals surface area contributed by atoms with Gasteiger partial charge in [-0.05, 0) is 113 Å². The Hall–Kier alpha value is -4.55. The minimum absolute atomic E-state index is 0.118. The molecule has 4 aromatic rings. The van der Waals surface area contributed by atoms with E-state index in [2.05, 4.69) is 5.32 Å². The lowest BCUT2D eigenvalue weighted by atomic mass is 9.94. The number of carbonyl (C=O) groups is 2. The van der Waals surface area contributed by atoms with Crippen molar-refractivity contribution in [1.82, 2.24) is 4.57 Å². The number of amides is 1. The summed E-state index contributed by atoms with van der Waals surface area (Å²) in [5.41, 5.74) is 3.68. The average molecular weight is 761 g/mol. The zero-order chi connectivity index (χ0) is 40.3. The Morgan fingerprint density at radius 1 is 0.836 bits per heavy atom. The summed E-state index contributed by atoms with van der Waals surface area (Å²) in [5, 5.41) is 33.3. The van der Waals surface area contributed by atoms with Crippen molar-refractivity contribution in [3.63, 3.8) is 0 Å². The zero-order valence-corrected chi connectivity index (χ0v) is 33.1. The summed E-state index contributed by atoms with van der Waals surface area (Å²) in [4.78, 5) is 25.7. The van der Waals surface area contributed by atoms with Crippen molar-refractivity contribution < 1.29 is 43.5 Å².